The Kier molecular flexibility index (Phi) is 8.65. The van der Waals surface area contributed by atoms with Crippen molar-refractivity contribution in [3.05, 3.63) is 105 Å². The molecule has 1 aliphatic heterocycles. The van der Waals surface area contributed by atoms with Crippen LogP contribution in [0.5, 0.6) is 11.7 Å². The Balaban J connectivity index is 1.31. The Morgan fingerprint density at radius 3 is 2.31 bits per heavy atom. The van der Waals surface area contributed by atoms with Gasteiger partial charge in [0.2, 0.25) is 0 Å². The Hall–Kier alpha value is -4.15. The number of carbonyl (C=O) groups excluding carboxylic acids is 1. The van der Waals surface area contributed by atoms with Gasteiger partial charge in [-0.2, -0.15) is 8.78 Å². The zero-order valence-corrected chi connectivity index (χ0v) is 23.0. The van der Waals surface area contributed by atoms with Crippen molar-refractivity contribution in [2.45, 2.75) is 45.5 Å². The van der Waals surface area contributed by atoms with Crippen LogP contribution >= 0.6 is 0 Å². The summed E-state index contributed by atoms with van der Waals surface area (Å²) in [6.07, 6.45) is -1.84. The molecule has 0 unspecified atom stereocenters. The number of hydrogen-bond donors (Lipinski definition) is 0. The molecule has 42 heavy (non-hydrogen) atoms. The average molecular weight is 583 g/mol. The highest BCUT2D eigenvalue weighted by Gasteiger charge is 2.36. The van der Waals surface area contributed by atoms with Crippen LogP contribution < -0.4 is 15.1 Å². The molecule has 1 fully saturated rings. The lowest BCUT2D eigenvalue weighted by Gasteiger charge is -2.29. The summed E-state index contributed by atoms with van der Waals surface area (Å²) in [7, 11) is 0. The molecule has 2 heterocycles. The summed E-state index contributed by atoms with van der Waals surface area (Å²) in [6.45, 7) is 5.10. The van der Waals surface area contributed by atoms with Gasteiger partial charge in [-0.3, -0.25) is 0 Å². The van der Waals surface area contributed by atoms with Crippen LogP contribution in [-0.2, 0) is 22.0 Å². The van der Waals surface area contributed by atoms with Crippen molar-refractivity contribution < 1.29 is 41.3 Å². The first kappa shape index (κ1) is 29.3. The second-order valence-electron chi connectivity index (χ2n) is 10.0. The minimum absolute atomic E-state index is 0.0782. The molecule has 0 atom stereocenters. The molecule has 0 radical (unpaired) electrons. The van der Waals surface area contributed by atoms with Crippen molar-refractivity contribution in [1.29, 1.82) is 0 Å². The third-order valence-corrected chi connectivity index (χ3v) is 7.03. The minimum Gasteiger partial charge on any atom is -0.420 e. The molecule has 3 aromatic carbocycles. The van der Waals surface area contributed by atoms with Gasteiger partial charge in [-0.1, -0.05) is 44.5 Å². The number of carbonyl (C=O) groups is 1. The van der Waals surface area contributed by atoms with E-state index in [0.29, 0.717) is 18.8 Å². The highest BCUT2D eigenvalue weighted by Crippen LogP contribution is 2.35. The summed E-state index contributed by atoms with van der Waals surface area (Å²) in [6, 6.07) is 15.2. The SMILES string of the molecule is CCCc1ccc(C(=O)Oc2ccc3cc(OC(F)(F)c4ccc(C5OCC(CC)CO5)cc4)oc(=O)c3c2F)cc1. The van der Waals surface area contributed by atoms with Crippen LogP contribution in [0, 0.1) is 11.7 Å². The molecule has 4 aromatic rings. The molecule has 220 valence electrons. The van der Waals surface area contributed by atoms with E-state index >= 15 is 4.39 Å². The van der Waals surface area contributed by atoms with E-state index in [1.165, 1.54) is 18.2 Å². The number of alkyl halides is 2. The maximum absolute atomic E-state index is 15.2. The molecule has 5 rings (SSSR count). The maximum Gasteiger partial charge on any atom is 0.428 e. The molecule has 1 aromatic heterocycles. The molecule has 10 heteroatoms. The Morgan fingerprint density at radius 1 is 0.976 bits per heavy atom. The van der Waals surface area contributed by atoms with Crippen molar-refractivity contribution in [3.8, 4) is 11.7 Å². The second-order valence-corrected chi connectivity index (χ2v) is 10.0. The van der Waals surface area contributed by atoms with Gasteiger partial charge in [0.1, 0.15) is 5.39 Å². The standard InChI is InChI=1S/C32H29F3O7/c1-3-5-20-6-8-21(9-7-20)29(36)40-25-15-12-23-16-26(41-30(37)27(23)28(25)33)42-32(34,35)24-13-10-22(11-14-24)31-38-17-19(4-2)18-39-31/h6-16,19,31H,3-5,17-18H2,1-2H3. The molecule has 7 nitrogen and oxygen atoms in total. The number of aryl methyl sites for hydroxylation is 1. The molecule has 0 spiro atoms. The highest BCUT2D eigenvalue weighted by atomic mass is 19.3. The van der Waals surface area contributed by atoms with E-state index in [0.717, 1.165) is 49.1 Å². The topological polar surface area (TPSA) is 84.2 Å². The van der Waals surface area contributed by atoms with Gasteiger partial charge >= 0.3 is 17.7 Å². The van der Waals surface area contributed by atoms with Crippen LogP contribution in [0.4, 0.5) is 13.2 Å². The van der Waals surface area contributed by atoms with Crippen LogP contribution in [0.2, 0.25) is 0 Å². The lowest BCUT2D eigenvalue weighted by molar-refractivity contribution is -0.205. The second kappa shape index (κ2) is 12.4. The van der Waals surface area contributed by atoms with Gasteiger partial charge in [0, 0.05) is 17.5 Å². The first-order valence-electron chi connectivity index (χ1n) is 13.7. The Labute approximate surface area is 239 Å². The van der Waals surface area contributed by atoms with Crippen LogP contribution in [0.1, 0.15) is 60.0 Å². The summed E-state index contributed by atoms with van der Waals surface area (Å²) in [4.78, 5) is 25.1. The number of esters is 1. The van der Waals surface area contributed by atoms with Gasteiger partial charge in [0.05, 0.1) is 24.3 Å². The van der Waals surface area contributed by atoms with E-state index in [2.05, 4.69) is 0 Å². The molecule has 0 N–H and O–H groups in total. The lowest BCUT2D eigenvalue weighted by Crippen LogP contribution is -2.27. The molecule has 0 saturated carbocycles. The molecular formula is C32H29F3O7. The third-order valence-electron chi connectivity index (χ3n) is 7.03. The van der Waals surface area contributed by atoms with E-state index in [-0.39, 0.29) is 16.9 Å². The maximum atomic E-state index is 15.2. The Morgan fingerprint density at radius 2 is 1.67 bits per heavy atom. The predicted octanol–water partition coefficient (Wildman–Crippen LogP) is 7.30. The molecule has 1 aliphatic rings. The fraction of sp³-hybridized carbons (Fsp3) is 0.312. The van der Waals surface area contributed by atoms with Crippen molar-refractivity contribution in [2.75, 3.05) is 13.2 Å². The lowest BCUT2D eigenvalue weighted by atomic mass is 10.1. The zero-order chi connectivity index (χ0) is 29.9. The van der Waals surface area contributed by atoms with Gasteiger partial charge in [-0.25, -0.2) is 14.0 Å². The fourth-order valence-corrected chi connectivity index (χ4v) is 4.57. The number of halogens is 3. The van der Waals surface area contributed by atoms with Gasteiger partial charge in [-0.05, 0) is 60.2 Å². The van der Waals surface area contributed by atoms with E-state index in [1.807, 2.05) is 13.8 Å². The van der Waals surface area contributed by atoms with Crippen molar-refractivity contribution in [3.63, 3.8) is 0 Å². The molecule has 0 aliphatic carbocycles. The number of fused-ring (bicyclic) bond motifs is 1. The number of hydrogen-bond acceptors (Lipinski definition) is 7. The molecule has 0 bridgehead atoms. The van der Waals surface area contributed by atoms with E-state index < -0.39 is 52.5 Å². The monoisotopic (exact) mass is 582 g/mol. The number of ether oxygens (including phenoxy) is 4. The van der Waals surface area contributed by atoms with Crippen molar-refractivity contribution >= 4 is 16.7 Å². The molecule has 1 saturated heterocycles. The van der Waals surface area contributed by atoms with Gasteiger partial charge in [0.15, 0.2) is 17.9 Å². The largest absolute Gasteiger partial charge is 0.428 e. The fourth-order valence-electron chi connectivity index (χ4n) is 4.57. The van der Waals surface area contributed by atoms with Gasteiger partial charge in [0.25, 0.3) is 5.95 Å². The third kappa shape index (κ3) is 6.34. The summed E-state index contributed by atoms with van der Waals surface area (Å²) < 4.78 is 71.3. The summed E-state index contributed by atoms with van der Waals surface area (Å²) in [5.74, 6) is -3.02. The first-order chi connectivity index (χ1) is 20.2. The average Bonchev–Trinajstić information content (AvgIpc) is 2.99. The zero-order valence-electron chi connectivity index (χ0n) is 23.0. The highest BCUT2D eigenvalue weighted by molar-refractivity contribution is 5.92. The molecular weight excluding hydrogens is 553 g/mol. The van der Waals surface area contributed by atoms with E-state index in [9.17, 15) is 18.4 Å². The van der Waals surface area contributed by atoms with Crippen LogP contribution in [-0.4, -0.2) is 19.2 Å². The van der Waals surface area contributed by atoms with Crippen LogP contribution in [0.25, 0.3) is 10.8 Å². The van der Waals surface area contributed by atoms with Crippen molar-refractivity contribution in [2.24, 2.45) is 5.92 Å². The smallest absolute Gasteiger partial charge is 0.420 e. The quantitative estimate of drug-likeness (QED) is 0.151. The van der Waals surface area contributed by atoms with Gasteiger partial charge in [-0.15, -0.1) is 0 Å². The van der Waals surface area contributed by atoms with E-state index in [1.54, 1.807) is 24.3 Å². The number of benzene rings is 3. The Bertz CT molecular complexity index is 1610. The first-order valence-corrected chi connectivity index (χ1v) is 13.7. The predicted molar refractivity (Wildman–Crippen MR) is 147 cm³/mol. The van der Waals surface area contributed by atoms with Crippen LogP contribution in [0.15, 0.2) is 75.9 Å². The van der Waals surface area contributed by atoms with Gasteiger partial charge < -0.3 is 23.4 Å². The summed E-state index contributed by atoms with van der Waals surface area (Å²) in [5, 5.41) is -0.651. The normalized spacial score (nSPS) is 17.3. The number of rotatable bonds is 9. The minimum atomic E-state index is -3.88. The van der Waals surface area contributed by atoms with Crippen LogP contribution in [0.3, 0.4) is 0 Å². The summed E-state index contributed by atoms with van der Waals surface area (Å²) >= 11 is 0. The van der Waals surface area contributed by atoms with Crippen molar-refractivity contribution in [1.82, 2.24) is 0 Å². The van der Waals surface area contributed by atoms with E-state index in [4.69, 9.17) is 23.4 Å². The molecule has 0 amide bonds. The summed E-state index contributed by atoms with van der Waals surface area (Å²) in [5.41, 5.74) is 0.0291.